The van der Waals surface area contributed by atoms with Crippen molar-refractivity contribution in [2.45, 2.75) is 26.7 Å². The Bertz CT molecular complexity index is 1380. The van der Waals surface area contributed by atoms with Crippen LogP contribution in [-0.2, 0) is 4.79 Å². The summed E-state index contributed by atoms with van der Waals surface area (Å²) in [4.78, 5) is 27.3. The Kier molecular flexibility index (Phi) is 5.37. The van der Waals surface area contributed by atoms with Crippen LogP contribution in [-0.4, -0.2) is 39.0 Å². The predicted molar refractivity (Wildman–Crippen MR) is 125 cm³/mol. The average molecular weight is 444 g/mol. The van der Waals surface area contributed by atoms with Crippen molar-refractivity contribution in [3.63, 3.8) is 0 Å². The minimum absolute atomic E-state index is 0.157. The van der Waals surface area contributed by atoms with Gasteiger partial charge in [-0.3, -0.25) is 4.79 Å². The third-order valence-electron chi connectivity index (χ3n) is 5.88. The van der Waals surface area contributed by atoms with Crippen LogP contribution in [0.2, 0.25) is 0 Å². The summed E-state index contributed by atoms with van der Waals surface area (Å²) in [5, 5.41) is 16.7. The molecule has 1 N–H and O–H groups in total. The fourth-order valence-electron chi connectivity index (χ4n) is 4.24. The molecule has 0 saturated carbocycles. The van der Waals surface area contributed by atoms with E-state index in [1.54, 1.807) is 22.9 Å². The van der Waals surface area contributed by atoms with Gasteiger partial charge in [0.05, 0.1) is 11.6 Å². The first kappa shape index (κ1) is 20.9. The van der Waals surface area contributed by atoms with Gasteiger partial charge in [-0.2, -0.15) is 5.10 Å². The first-order valence-corrected chi connectivity index (χ1v) is 10.9. The third-order valence-corrected chi connectivity index (χ3v) is 5.88. The van der Waals surface area contributed by atoms with E-state index in [-0.39, 0.29) is 17.5 Å². The van der Waals surface area contributed by atoms with Gasteiger partial charge < -0.3 is 14.6 Å². The third kappa shape index (κ3) is 4.21. The fraction of sp³-hybridized carbons (Fsp3) is 0.292. The number of hydrogen-bond acceptors (Lipinski definition) is 7. The van der Waals surface area contributed by atoms with E-state index in [4.69, 9.17) is 4.42 Å². The Balaban J connectivity index is 1.29. The van der Waals surface area contributed by atoms with Crippen molar-refractivity contribution < 1.29 is 9.21 Å². The summed E-state index contributed by atoms with van der Waals surface area (Å²) in [7, 11) is 0. The van der Waals surface area contributed by atoms with Crippen LogP contribution in [0.5, 0.6) is 0 Å². The van der Waals surface area contributed by atoms with Gasteiger partial charge in [-0.15, -0.1) is 10.2 Å². The molecular weight excluding hydrogens is 420 g/mol. The SMILES string of the molecule is Cc1cc(C)n(-c2ccc(N3CCC[C@H](C(=O)Nc4cc5ccccc5oc4=O)C3)nn2)n1. The second-order valence-corrected chi connectivity index (χ2v) is 8.35. The molecular formula is C24H24N6O3. The molecule has 9 nitrogen and oxygen atoms in total. The smallest absolute Gasteiger partial charge is 0.360 e. The number of aromatic nitrogens is 4. The number of anilines is 2. The zero-order chi connectivity index (χ0) is 22.9. The molecule has 1 aliphatic heterocycles. The number of amides is 1. The molecule has 1 fully saturated rings. The maximum atomic E-state index is 12.9. The van der Waals surface area contributed by atoms with Crippen LogP contribution in [0, 0.1) is 19.8 Å². The van der Waals surface area contributed by atoms with Gasteiger partial charge in [0.15, 0.2) is 11.6 Å². The van der Waals surface area contributed by atoms with Crippen molar-refractivity contribution in [1.82, 2.24) is 20.0 Å². The summed E-state index contributed by atoms with van der Waals surface area (Å²) in [6, 6.07) is 14.6. The van der Waals surface area contributed by atoms with E-state index in [0.29, 0.717) is 23.8 Å². The second-order valence-electron chi connectivity index (χ2n) is 8.35. The van der Waals surface area contributed by atoms with Gasteiger partial charge >= 0.3 is 5.63 Å². The number of benzene rings is 1. The predicted octanol–water partition coefficient (Wildman–Crippen LogP) is 3.24. The summed E-state index contributed by atoms with van der Waals surface area (Å²) in [5.74, 6) is 0.887. The molecule has 1 amide bonds. The van der Waals surface area contributed by atoms with Crippen molar-refractivity contribution >= 4 is 28.4 Å². The molecule has 0 spiro atoms. The van der Waals surface area contributed by atoms with Crippen LogP contribution < -0.4 is 15.8 Å². The number of rotatable bonds is 4. The zero-order valence-corrected chi connectivity index (χ0v) is 18.5. The Labute approximate surface area is 190 Å². The number of piperidine rings is 1. The summed E-state index contributed by atoms with van der Waals surface area (Å²) in [6.45, 7) is 5.19. The Morgan fingerprint density at radius 1 is 1.09 bits per heavy atom. The molecule has 9 heteroatoms. The van der Waals surface area contributed by atoms with Crippen LogP contribution in [0.1, 0.15) is 24.2 Å². The molecule has 0 radical (unpaired) electrons. The molecule has 0 bridgehead atoms. The highest BCUT2D eigenvalue weighted by molar-refractivity contribution is 5.94. The zero-order valence-electron chi connectivity index (χ0n) is 18.5. The topological polar surface area (TPSA) is 106 Å². The van der Waals surface area contributed by atoms with E-state index in [1.807, 2.05) is 44.2 Å². The molecule has 168 valence electrons. The average Bonchev–Trinajstić information content (AvgIpc) is 3.17. The molecule has 0 aliphatic carbocycles. The molecule has 1 saturated heterocycles. The highest BCUT2D eigenvalue weighted by atomic mass is 16.4. The van der Waals surface area contributed by atoms with Crippen LogP contribution in [0.25, 0.3) is 16.8 Å². The van der Waals surface area contributed by atoms with Crippen molar-refractivity contribution in [3.8, 4) is 5.82 Å². The molecule has 0 unspecified atom stereocenters. The number of hydrogen-bond donors (Lipinski definition) is 1. The van der Waals surface area contributed by atoms with Crippen molar-refractivity contribution in [1.29, 1.82) is 0 Å². The molecule has 33 heavy (non-hydrogen) atoms. The van der Waals surface area contributed by atoms with E-state index in [0.717, 1.165) is 36.2 Å². The lowest BCUT2D eigenvalue weighted by Gasteiger charge is -2.32. The Morgan fingerprint density at radius 2 is 1.88 bits per heavy atom. The fourth-order valence-corrected chi connectivity index (χ4v) is 4.24. The van der Waals surface area contributed by atoms with Crippen LogP contribution in [0.3, 0.4) is 0 Å². The monoisotopic (exact) mass is 444 g/mol. The van der Waals surface area contributed by atoms with Gasteiger partial charge in [0, 0.05) is 24.2 Å². The largest absolute Gasteiger partial charge is 0.421 e. The van der Waals surface area contributed by atoms with E-state index >= 15 is 0 Å². The maximum absolute atomic E-state index is 12.9. The molecule has 1 aliphatic rings. The van der Waals surface area contributed by atoms with Crippen LogP contribution in [0.15, 0.2) is 57.7 Å². The first-order chi connectivity index (χ1) is 16.0. The Morgan fingerprint density at radius 3 is 2.64 bits per heavy atom. The molecule has 4 aromatic rings. The van der Waals surface area contributed by atoms with Gasteiger partial charge in [0.25, 0.3) is 0 Å². The molecule has 1 atom stereocenters. The minimum Gasteiger partial charge on any atom is -0.421 e. The van der Waals surface area contributed by atoms with E-state index in [2.05, 4.69) is 25.5 Å². The van der Waals surface area contributed by atoms with E-state index < -0.39 is 5.63 Å². The standard InChI is InChI=1S/C24H24N6O3/c1-15-12-16(2)30(28-15)22-10-9-21(26-27-22)29-11-5-7-18(14-29)23(31)25-19-13-17-6-3-4-8-20(17)33-24(19)32/h3-4,6,8-10,12-13,18H,5,7,11,14H2,1-2H3,(H,25,31)/t18-/m0/s1. The number of para-hydroxylation sites is 1. The van der Waals surface area contributed by atoms with Gasteiger partial charge in [0.1, 0.15) is 11.3 Å². The maximum Gasteiger partial charge on any atom is 0.360 e. The van der Waals surface area contributed by atoms with Crippen molar-refractivity contribution in [3.05, 3.63) is 70.3 Å². The van der Waals surface area contributed by atoms with Crippen molar-refractivity contribution in [2.75, 3.05) is 23.3 Å². The van der Waals surface area contributed by atoms with Gasteiger partial charge in [-0.1, -0.05) is 18.2 Å². The number of carbonyl (C=O) groups excluding carboxylic acids is 1. The number of carbonyl (C=O) groups is 1. The number of nitrogens with one attached hydrogen (secondary N) is 1. The van der Waals surface area contributed by atoms with E-state index in [1.165, 1.54) is 0 Å². The lowest BCUT2D eigenvalue weighted by Crippen LogP contribution is -2.41. The molecule has 1 aromatic carbocycles. The Hall–Kier alpha value is -4.01. The summed E-state index contributed by atoms with van der Waals surface area (Å²) >= 11 is 0. The lowest BCUT2D eigenvalue weighted by atomic mass is 9.97. The van der Waals surface area contributed by atoms with Gasteiger partial charge in [-0.05, 0) is 57.0 Å². The lowest BCUT2D eigenvalue weighted by molar-refractivity contribution is -0.120. The first-order valence-electron chi connectivity index (χ1n) is 10.9. The van der Waals surface area contributed by atoms with Crippen molar-refractivity contribution in [2.24, 2.45) is 5.92 Å². The van der Waals surface area contributed by atoms with E-state index in [9.17, 15) is 9.59 Å². The summed E-state index contributed by atoms with van der Waals surface area (Å²) < 4.78 is 7.08. The molecule has 4 heterocycles. The summed E-state index contributed by atoms with van der Waals surface area (Å²) in [5.41, 5.74) is 2.00. The van der Waals surface area contributed by atoms with Gasteiger partial charge in [-0.25, -0.2) is 9.48 Å². The normalized spacial score (nSPS) is 16.2. The minimum atomic E-state index is -0.555. The van der Waals surface area contributed by atoms with Crippen LogP contribution >= 0.6 is 0 Å². The number of aryl methyl sites for hydroxylation is 2. The van der Waals surface area contributed by atoms with Crippen LogP contribution in [0.4, 0.5) is 11.5 Å². The summed E-state index contributed by atoms with van der Waals surface area (Å²) in [6.07, 6.45) is 1.57. The number of fused-ring (bicyclic) bond motifs is 1. The quantitative estimate of drug-likeness (QED) is 0.482. The van der Waals surface area contributed by atoms with Gasteiger partial charge in [0.2, 0.25) is 5.91 Å². The molecule has 3 aromatic heterocycles. The highest BCUT2D eigenvalue weighted by Crippen LogP contribution is 2.23. The number of nitrogens with zero attached hydrogens (tertiary/aromatic N) is 5. The second kappa shape index (κ2) is 8.50. The molecule has 5 rings (SSSR count). The highest BCUT2D eigenvalue weighted by Gasteiger charge is 2.27.